The number of hydrogen-bond acceptors (Lipinski definition) is 3. The van der Waals surface area contributed by atoms with Crippen molar-refractivity contribution in [3.8, 4) is 11.5 Å². The lowest BCUT2D eigenvalue weighted by atomic mass is 10.2. The molecule has 25 heavy (non-hydrogen) atoms. The molecule has 0 unspecified atom stereocenters. The summed E-state index contributed by atoms with van der Waals surface area (Å²) in [5.74, 6) is -0.00325. The van der Waals surface area contributed by atoms with Crippen LogP contribution in [0.1, 0.15) is 11.1 Å². The van der Waals surface area contributed by atoms with Crippen LogP contribution >= 0.6 is 17.9 Å². The minimum atomic E-state index is -4.49. The van der Waals surface area contributed by atoms with Gasteiger partial charge in [-0.05, 0) is 60.3 Å². The minimum Gasteiger partial charge on any atom is -0.428 e. The van der Waals surface area contributed by atoms with Crippen LogP contribution < -0.4 is 9.05 Å². The van der Waals surface area contributed by atoms with Crippen LogP contribution in [0.3, 0.4) is 0 Å². The van der Waals surface area contributed by atoms with Crippen molar-refractivity contribution in [2.45, 2.75) is 12.4 Å². The van der Waals surface area contributed by atoms with Crippen molar-refractivity contribution in [2.24, 2.45) is 0 Å². The van der Waals surface area contributed by atoms with Gasteiger partial charge in [0.2, 0.25) is 0 Å². The zero-order valence-electron chi connectivity index (χ0n) is 12.0. The van der Waals surface area contributed by atoms with E-state index in [1.54, 1.807) is 0 Å². The molecule has 0 fully saturated rings. The van der Waals surface area contributed by atoms with E-state index in [1.807, 2.05) is 0 Å². The minimum absolute atomic E-state index is 0.00162. The average Bonchev–Trinajstić information content (AvgIpc) is 2.45. The molecule has 0 saturated heterocycles. The summed E-state index contributed by atoms with van der Waals surface area (Å²) in [6.45, 7) is 0. The number of rotatable bonds is 4. The van der Waals surface area contributed by atoms with Gasteiger partial charge in [-0.25, -0.2) is 0 Å². The Labute approximate surface area is 149 Å². The van der Waals surface area contributed by atoms with Gasteiger partial charge in [0, 0.05) is 0 Å². The van der Waals surface area contributed by atoms with E-state index in [4.69, 9.17) is 20.9 Å². The maximum Gasteiger partial charge on any atom is 0.416 e. The normalized spacial score (nSPS) is 12.8. The lowest BCUT2D eigenvalue weighted by Crippen LogP contribution is -2.05. The predicted octanol–water partition coefficient (Wildman–Crippen LogP) is 6.34. The molecule has 0 amide bonds. The Hall–Kier alpha value is -1.38. The van der Waals surface area contributed by atoms with Crippen molar-refractivity contribution in [3.63, 3.8) is 0 Å². The zero-order chi connectivity index (χ0) is 18.9. The Kier molecular flexibility index (Phi) is 5.65. The van der Waals surface area contributed by atoms with Gasteiger partial charge in [-0.1, -0.05) is 12.2 Å². The van der Waals surface area contributed by atoms with E-state index in [9.17, 15) is 26.3 Å². The van der Waals surface area contributed by atoms with E-state index < -0.39 is 29.2 Å². The molecule has 0 atom stereocenters. The van der Waals surface area contributed by atoms with Crippen LogP contribution in [-0.4, -0.2) is 0 Å². The molecule has 0 aliphatic heterocycles. The molecule has 0 radical (unpaired) electrons. The zero-order valence-corrected chi connectivity index (χ0v) is 14.6. The summed E-state index contributed by atoms with van der Waals surface area (Å²) < 4.78 is 85.4. The molecule has 136 valence electrons. The lowest BCUT2D eigenvalue weighted by Gasteiger charge is -2.19. The Morgan fingerprint density at radius 2 is 0.960 bits per heavy atom. The highest BCUT2D eigenvalue weighted by atomic mass is 32.9. The topological polar surface area (TPSA) is 18.5 Å². The molecule has 0 N–H and O–H groups in total. The van der Waals surface area contributed by atoms with Gasteiger partial charge in [-0.15, -0.1) is 0 Å². The molecule has 0 saturated carbocycles. The summed E-state index contributed by atoms with van der Waals surface area (Å²) >= 11 is 9.02. The Bertz CT molecular complexity index is 708. The molecule has 0 bridgehead atoms. The van der Waals surface area contributed by atoms with Crippen LogP contribution in [0.15, 0.2) is 48.5 Å². The molecule has 11 heteroatoms. The van der Waals surface area contributed by atoms with Crippen molar-refractivity contribution in [3.05, 3.63) is 59.7 Å². The number of thiol groups is 1. The number of halogens is 6. The summed E-state index contributed by atoms with van der Waals surface area (Å²) in [4.78, 5) is 0. The monoisotopic (exact) mass is 418 g/mol. The first-order chi connectivity index (χ1) is 11.4. The number of hydrogen-bond donors (Lipinski definition) is 1. The fraction of sp³-hybridized carbons (Fsp3) is 0.143. The van der Waals surface area contributed by atoms with Crippen molar-refractivity contribution in [1.82, 2.24) is 0 Å². The molecule has 0 aromatic heterocycles. The third-order valence-corrected chi connectivity index (χ3v) is 4.63. The van der Waals surface area contributed by atoms with E-state index >= 15 is 0 Å². The summed E-state index contributed by atoms with van der Waals surface area (Å²) in [6, 6.07) is 7.42. The van der Waals surface area contributed by atoms with Crippen LogP contribution in [-0.2, 0) is 24.2 Å². The first-order valence-electron chi connectivity index (χ1n) is 6.43. The summed E-state index contributed by atoms with van der Waals surface area (Å²) in [7, 11) is 0. The predicted molar refractivity (Wildman–Crippen MR) is 87.4 cm³/mol. The van der Waals surface area contributed by atoms with Gasteiger partial charge in [0.05, 0.1) is 11.1 Å². The highest BCUT2D eigenvalue weighted by molar-refractivity contribution is 8.60. The van der Waals surface area contributed by atoms with E-state index in [0.29, 0.717) is 0 Å². The van der Waals surface area contributed by atoms with Gasteiger partial charge in [0.1, 0.15) is 11.5 Å². The Morgan fingerprint density at radius 1 is 0.680 bits per heavy atom. The van der Waals surface area contributed by atoms with Gasteiger partial charge in [-0.3, -0.25) is 0 Å². The fourth-order valence-electron chi connectivity index (χ4n) is 1.69. The van der Waals surface area contributed by atoms with Crippen molar-refractivity contribution < 1.29 is 35.4 Å². The molecule has 0 heterocycles. The maximum absolute atomic E-state index is 12.5. The third-order valence-electron chi connectivity index (χ3n) is 2.80. The van der Waals surface area contributed by atoms with Crippen molar-refractivity contribution in [2.75, 3.05) is 0 Å². The van der Waals surface area contributed by atoms with Crippen LogP contribution in [0.2, 0.25) is 0 Å². The second-order valence-electron chi connectivity index (χ2n) is 4.70. The smallest absolute Gasteiger partial charge is 0.416 e. The van der Waals surface area contributed by atoms with Crippen LogP contribution in [0.25, 0.3) is 0 Å². The first-order valence-corrected chi connectivity index (χ1v) is 10.2. The molecular weight excluding hydrogens is 409 g/mol. The van der Waals surface area contributed by atoms with E-state index in [1.165, 1.54) is 0 Å². The fourth-order valence-corrected chi connectivity index (χ4v) is 3.59. The lowest BCUT2D eigenvalue weighted by molar-refractivity contribution is -0.138. The second-order valence-corrected chi connectivity index (χ2v) is 9.83. The summed E-state index contributed by atoms with van der Waals surface area (Å²) in [5.41, 5.74) is -5.01. The molecule has 2 nitrogen and oxygen atoms in total. The summed E-state index contributed by atoms with van der Waals surface area (Å²) in [6.07, 6.45) is -8.98. The average molecular weight is 418 g/mol. The van der Waals surface area contributed by atoms with Crippen LogP contribution in [0.5, 0.6) is 11.5 Å². The maximum atomic E-state index is 12.5. The molecule has 2 aromatic carbocycles. The van der Waals surface area contributed by atoms with Gasteiger partial charge in [0.15, 0.2) is 0 Å². The van der Waals surface area contributed by atoms with Gasteiger partial charge >= 0.3 is 18.0 Å². The molecular formula is C14H9F6O2PS2. The van der Waals surface area contributed by atoms with E-state index in [0.717, 1.165) is 48.5 Å². The molecule has 0 aliphatic carbocycles. The van der Waals surface area contributed by atoms with Gasteiger partial charge in [0.25, 0.3) is 0 Å². The van der Waals surface area contributed by atoms with Crippen molar-refractivity contribution in [1.29, 1.82) is 0 Å². The molecule has 2 rings (SSSR count). The highest BCUT2D eigenvalue weighted by Gasteiger charge is 2.31. The first kappa shape index (κ1) is 19.9. The van der Waals surface area contributed by atoms with Crippen LogP contribution in [0, 0.1) is 0 Å². The number of alkyl halides is 6. The third kappa shape index (κ3) is 5.83. The molecule has 2 aromatic rings. The Morgan fingerprint density at radius 3 is 1.20 bits per heavy atom. The highest BCUT2D eigenvalue weighted by Crippen LogP contribution is 2.53. The van der Waals surface area contributed by atoms with E-state index in [-0.39, 0.29) is 11.5 Å². The standard InChI is InChI=1S/C14H9F6O2PS2/c15-13(16,17)9-1-5-11(6-2-9)21-23(24,25)22-12-7-3-10(4-8-12)14(18,19)20/h1-8H,(H,24,25). The summed E-state index contributed by atoms with van der Waals surface area (Å²) in [5, 5.41) is 0. The SMILES string of the molecule is FC(F)(F)c1ccc(OP(=S)(S)Oc2ccc(C(F)(F)F)cc2)cc1. The molecule has 0 aliphatic rings. The van der Waals surface area contributed by atoms with Crippen LogP contribution in [0.4, 0.5) is 26.3 Å². The molecule has 0 spiro atoms. The van der Waals surface area contributed by atoms with E-state index in [2.05, 4.69) is 12.2 Å². The second kappa shape index (κ2) is 7.09. The number of benzene rings is 2. The Balaban J connectivity index is 2.08. The van der Waals surface area contributed by atoms with Gasteiger partial charge in [-0.2, -0.15) is 26.3 Å². The largest absolute Gasteiger partial charge is 0.428 e. The van der Waals surface area contributed by atoms with Crippen molar-refractivity contribution >= 4 is 29.7 Å². The van der Waals surface area contributed by atoms with Gasteiger partial charge < -0.3 is 9.05 Å². The quantitative estimate of drug-likeness (QED) is 0.355.